The summed E-state index contributed by atoms with van der Waals surface area (Å²) in [4.78, 5) is 6.85. The zero-order valence-electron chi connectivity index (χ0n) is 14.1. The highest BCUT2D eigenvalue weighted by Gasteiger charge is 2.00. The Kier molecular flexibility index (Phi) is 13.3. The molecule has 0 amide bonds. The molecule has 0 atom stereocenters. The molecule has 0 saturated heterocycles. The van der Waals surface area contributed by atoms with Gasteiger partial charge in [-0.25, -0.2) is 0 Å². The van der Waals surface area contributed by atoms with Crippen LogP contribution in [0.2, 0.25) is 0 Å². The minimum absolute atomic E-state index is 0. The Morgan fingerprint density at radius 3 is 2.50 bits per heavy atom. The maximum atomic E-state index is 4.50. The first kappa shape index (κ1) is 21.2. The van der Waals surface area contributed by atoms with Gasteiger partial charge >= 0.3 is 0 Å². The van der Waals surface area contributed by atoms with Gasteiger partial charge in [0.1, 0.15) is 0 Å². The third-order valence-corrected chi connectivity index (χ3v) is 3.14. The minimum Gasteiger partial charge on any atom is -0.357 e. The number of guanidine groups is 1. The number of aliphatic imine (C=N–C) groups is 1. The smallest absolute Gasteiger partial charge is 0.191 e. The quantitative estimate of drug-likeness (QED) is 0.280. The van der Waals surface area contributed by atoms with Gasteiger partial charge in [-0.15, -0.1) is 24.0 Å². The summed E-state index contributed by atoms with van der Waals surface area (Å²) in [6, 6.07) is 10.6. The van der Waals surface area contributed by atoms with E-state index >= 15 is 0 Å². The zero-order valence-corrected chi connectivity index (χ0v) is 16.5. The van der Waals surface area contributed by atoms with E-state index in [4.69, 9.17) is 0 Å². The first-order valence-electron chi connectivity index (χ1n) is 8.01. The fraction of sp³-hybridized carbons (Fsp3) is 0.588. The molecule has 0 fully saturated rings. The summed E-state index contributed by atoms with van der Waals surface area (Å²) in [6.07, 6.45) is 2.19. The van der Waals surface area contributed by atoms with Crippen molar-refractivity contribution >= 4 is 29.9 Å². The molecule has 0 bridgehead atoms. The van der Waals surface area contributed by atoms with Gasteiger partial charge in [-0.1, -0.05) is 37.3 Å². The topological polar surface area (TPSA) is 39.7 Å². The highest BCUT2D eigenvalue weighted by molar-refractivity contribution is 14.0. The van der Waals surface area contributed by atoms with Crippen molar-refractivity contribution in [3.05, 3.63) is 35.9 Å². The Hall–Kier alpha value is -0.820. The predicted molar refractivity (Wildman–Crippen MR) is 107 cm³/mol. The Labute approximate surface area is 152 Å². The van der Waals surface area contributed by atoms with Gasteiger partial charge in [0.2, 0.25) is 0 Å². The van der Waals surface area contributed by atoms with E-state index in [-0.39, 0.29) is 24.0 Å². The fourth-order valence-electron chi connectivity index (χ4n) is 2.10. The van der Waals surface area contributed by atoms with Crippen LogP contribution in [0.4, 0.5) is 0 Å². The molecule has 2 N–H and O–H groups in total. The van der Waals surface area contributed by atoms with Crippen LogP contribution in [0, 0.1) is 0 Å². The standard InChI is InChI=1S/C17H30N4.HI/c1-4-12-19-17(18-5-2)20-13-9-14-21(3)15-16-10-7-6-8-11-16;/h6-8,10-11H,4-5,9,12-15H2,1-3H3,(H2,18,19,20);1H. The summed E-state index contributed by atoms with van der Waals surface area (Å²) in [6.45, 7) is 9.06. The van der Waals surface area contributed by atoms with Crippen molar-refractivity contribution in [2.24, 2.45) is 4.99 Å². The number of hydrogen-bond acceptors (Lipinski definition) is 2. The molecule has 0 aliphatic rings. The molecule has 0 aliphatic heterocycles. The van der Waals surface area contributed by atoms with E-state index in [2.05, 4.69) is 71.8 Å². The molecule has 126 valence electrons. The van der Waals surface area contributed by atoms with Crippen molar-refractivity contribution in [3.63, 3.8) is 0 Å². The molecule has 0 spiro atoms. The molecule has 1 aromatic carbocycles. The fourth-order valence-corrected chi connectivity index (χ4v) is 2.10. The van der Waals surface area contributed by atoms with Crippen LogP contribution in [0.5, 0.6) is 0 Å². The monoisotopic (exact) mass is 418 g/mol. The summed E-state index contributed by atoms with van der Waals surface area (Å²) in [5.41, 5.74) is 1.37. The van der Waals surface area contributed by atoms with Crippen molar-refractivity contribution in [1.29, 1.82) is 0 Å². The molecule has 0 unspecified atom stereocenters. The van der Waals surface area contributed by atoms with Crippen LogP contribution < -0.4 is 10.6 Å². The molecule has 0 saturated carbocycles. The Bertz CT molecular complexity index is 395. The summed E-state index contributed by atoms with van der Waals surface area (Å²) >= 11 is 0. The molecule has 0 aromatic heterocycles. The van der Waals surface area contributed by atoms with E-state index in [9.17, 15) is 0 Å². The van der Waals surface area contributed by atoms with Crippen LogP contribution >= 0.6 is 24.0 Å². The van der Waals surface area contributed by atoms with Crippen LogP contribution in [0.25, 0.3) is 0 Å². The van der Waals surface area contributed by atoms with Gasteiger partial charge in [0, 0.05) is 26.2 Å². The van der Waals surface area contributed by atoms with Gasteiger partial charge in [0.25, 0.3) is 0 Å². The van der Waals surface area contributed by atoms with Crippen molar-refractivity contribution in [2.75, 3.05) is 33.2 Å². The summed E-state index contributed by atoms with van der Waals surface area (Å²) in [5.74, 6) is 0.935. The predicted octanol–water partition coefficient (Wildman–Crippen LogP) is 3.09. The van der Waals surface area contributed by atoms with E-state index < -0.39 is 0 Å². The van der Waals surface area contributed by atoms with E-state index in [1.54, 1.807) is 0 Å². The maximum absolute atomic E-state index is 4.50. The molecule has 4 nitrogen and oxygen atoms in total. The van der Waals surface area contributed by atoms with Crippen LogP contribution in [0.1, 0.15) is 32.3 Å². The Morgan fingerprint density at radius 1 is 1.14 bits per heavy atom. The van der Waals surface area contributed by atoms with Crippen LogP contribution in [0.15, 0.2) is 35.3 Å². The van der Waals surface area contributed by atoms with Gasteiger partial charge in [-0.05, 0) is 38.9 Å². The number of benzene rings is 1. The second-order valence-corrected chi connectivity index (χ2v) is 5.26. The molecule has 5 heteroatoms. The molecule has 0 aliphatic carbocycles. The number of nitrogens with one attached hydrogen (secondary N) is 2. The van der Waals surface area contributed by atoms with E-state index in [0.717, 1.165) is 51.5 Å². The van der Waals surface area contributed by atoms with Gasteiger partial charge in [-0.3, -0.25) is 4.99 Å². The van der Waals surface area contributed by atoms with Gasteiger partial charge in [0.15, 0.2) is 5.96 Å². The van der Waals surface area contributed by atoms with Crippen molar-refractivity contribution < 1.29 is 0 Å². The molecule has 1 aromatic rings. The molecular formula is C17H31IN4. The summed E-state index contributed by atoms with van der Waals surface area (Å²) < 4.78 is 0. The highest BCUT2D eigenvalue weighted by Crippen LogP contribution is 2.02. The second-order valence-electron chi connectivity index (χ2n) is 5.26. The largest absolute Gasteiger partial charge is 0.357 e. The average molecular weight is 418 g/mol. The van der Waals surface area contributed by atoms with Gasteiger partial charge < -0.3 is 15.5 Å². The second kappa shape index (κ2) is 13.8. The molecule has 0 radical (unpaired) electrons. The third-order valence-electron chi connectivity index (χ3n) is 3.14. The molecule has 1 rings (SSSR count). The first-order chi connectivity index (χ1) is 10.3. The summed E-state index contributed by atoms with van der Waals surface area (Å²) in [7, 11) is 2.17. The van der Waals surface area contributed by atoms with Crippen LogP contribution in [-0.4, -0.2) is 44.1 Å². The lowest BCUT2D eigenvalue weighted by Crippen LogP contribution is -2.38. The third kappa shape index (κ3) is 10.00. The van der Waals surface area contributed by atoms with Gasteiger partial charge in [0.05, 0.1) is 0 Å². The lowest BCUT2D eigenvalue weighted by atomic mass is 10.2. The molecule has 0 heterocycles. The summed E-state index contributed by atoms with van der Waals surface area (Å²) in [5, 5.41) is 6.66. The van der Waals surface area contributed by atoms with Crippen molar-refractivity contribution in [1.82, 2.24) is 15.5 Å². The van der Waals surface area contributed by atoms with Crippen molar-refractivity contribution in [2.45, 2.75) is 33.2 Å². The average Bonchev–Trinajstić information content (AvgIpc) is 2.50. The van der Waals surface area contributed by atoms with Crippen LogP contribution in [0.3, 0.4) is 0 Å². The molecule has 22 heavy (non-hydrogen) atoms. The maximum Gasteiger partial charge on any atom is 0.191 e. The highest BCUT2D eigenvalue weighted by atomic mass is 127. The number of nitrogens with zero attached hydrogens (tertiary/aromatic N) is 2. The van der Waals surface area contributed by atoms with Crippen LogP contribution in [-0.2, 0) is 6.54 Å². The number of hydrogen-bond donors (Lipinski definition) is 2. The molecular weight excluding hydrogens is 387 g/mol. The Balaban J connectivity index is 0.00000441. The zero-order chi connectivity index (χ0) is 15.3. The number of halogens is 1. The van der Waals surface area contributed by atoms with E-state index in [1.165, 1.54) is 5.56 Å². The first-order valence-corrected chi connectivity index (χ1v) is 8.01. The van der Waals surface area contributed by atoms with E-state index in [1.807, 2.05) is 0 Å². The number of rotatable bonds is 9. The van der Waals surface area contributed by atoms with E-state index in [0.29, 0.717) is 0 Å². The van der Waals surface area contributed by atoms with Gasteiger partial charge in [-0.2, -0.15) is 0 Å². The lowest BCUT2D eigenvalue weighted by molar-refractivity contribution is 0.322. The normalized spacial score (nSPS) is 11.2. The Morgan fingerprint density at radius 2 is 1.86 bits per heavy atom. The minimum atomic E-state index is 0. The lowest BCUT2D eigenvalue weighted by Gasteiger charge is -2.17. The SMILES string of the molecule is CCCN=C(NCC)NCCCN(C)Cc1ccccc1.I. The van der Waals surface area contributed by atoms with Crippen molar-refractivity contribution in [3.8, 4) is 0 Å².